The van der Waals surface area contributed by atoms with Crippen molar-refractivity contribution in [3.05, 3.63) is 16.5 Å². The Morgan fingerprint density at radius 1 is 1.42 bits per heavy atom. The number of aromatic carboxylic acids is 1. The zero-order chi connectivity index (χ0) is 15.0. The van der Waals surface area contributed by atoms with E-state index < -0.39 is 27.4 Å². The fraction of sp³-hybridized carbons (Fsp3) is 0.400. The minimum absolute atomic E-state index is 0.0581. The van der Waals surface area contributed by atoms with Crippen molar-refractivity contribution in [1.29, 1.82) is 0 Å². The summed E-state index contributed by atoms with van der Waals surface area (Å²) in [6.07, 6.45) is 0. The first-order chi connectivity index (χ1) is 8.47. The van der Waals surface area contributed by atoms with Crippen molar-refractivity contribution in [1.82, 2.24) is 4.72 Å². The number of aryl methyl sites for hydroxylation is 1. The van der Waals surface area contributed by atoms with Crippen LogP contribution in [0.15, 0.2) is 10.3 Å². The summed E-state index contributed by atoms with van der Waals surface area (Å²) in [4.78, 5) is 21.9. The number of thiophene rings is 1. The molecule has 106 valence electrons. The van der Waals surface area contributed by atoms with Gasteiger partial charge in [-0.15, -0.1) is 11.3 Å². The van der Waals surface area contributed by atoms with Crippen LogP contribution in [-0.2, 0) is 14.8 Å². The molecule has 0 spiro atoms. The normalized spacial score (nSPS) is 12.4. The van der Waals surface area contributed by atoms with Crippen LogP contribution in [0.3, 0.4) is 0 Å². The first kappa shape index (κ1) is 15.6. The van der Waals surface area contributed by atoms with Gasteiger partial charge in [0, 0.05) is 0 Å². The first-order valence-electron chi connectivity index (χ1n) is 5.15. The van der Waals surface area contributed by atoms with Crippen LogP contribution >= 0.6 is 11.3 Å². The van der Waals surface area contributed by atoms with E-state index in [1.807, 2.05) is 0 Å². The lowest BCUT2D eigenvalue weighted by Gasteiger charge is -2.21. The number of carbonyl (C=O) groups is 2. The van der Waals surface area contributed by atoms with E-state index in [1.165, 1.54) is 26.8 Å². The van der Waals surface area contributed by atoms with E-state index in [2.05, 4.69) is 4.72 Å². The molecule has 1 rings (SSSR count). The van der Waals surface area contributed by atoms with Crippen molar-refractivity contribution in [2.45, 2.75) is 30.5 Å². The Kier molecular flexibility index (Phi) is 4.03. The van der Waals surface area contributed by atoms with Crippen LogP contribution in [0.2, 0.25) is 0 Å². The number of rotatable bonds is 5. The molecule has 1 amide bonds. The Balaban J connectivity index is 3.19. The summed E-state index contributed by atoms with van der Waals surface area (Å²) >= 11 is 0.625. The smallest absolute Gasteiger partial charge is 0.346 e. The van der Waals surface area contributed by atoms with E-state index in [-0.39, 0.29) is 9.09 Å². The molecule has 1 aromatic rings. The number of sulfonamides is 1. The number of nitrogens with two attached hydrogens (primary N) is 1. The Bertz CT molecular complexity index is 630. The highest BCUT2D eigenvalue weighted by atomic mass is 32.2. The Morgan fingerprint density at radius 3 is 2.32 bits per heavy atom. The second-order valence-electron chi connectivity index (χ2n) is 4.48. The molecule has 0 aliphatic rings. The van der Waals surface area contributed by atoms with Crippen LogP contribution in [0, 0.1) is 6.92 Å². The predicted molar refractivity (Wildman–Crippen MR) is 69.6 cm³/mol. The molecular formula is C10H14N2O5S2. The molecular weight excluding hydrogens is 292 g/mol. The fourth-order valence-electron chi connectivity index (χ4n) is 1.23. The van der Waals surface area contributed by atoms with E-state index in [4.69, 9.17) is 10.8 Å². The minimum Gasteiger partial charge on any atom is -0.477 e. The highest BCUT2D eigenvalue weighted by molar-refractivity contribution is 7.91. The SMILES string of the molecule is Cc1cc(S(=O)(=O)NC(C)(C)C(N)=O)sc1C(=O)O. The van der Waals surface area contributed by atoms with Gasteiger partial charge in [0.05, 0.1) is 0 Å². The molecule has 0 aromatic carbocycles. The second kappa shape index (κ2) is 4.91. The van der Waals surface area contributed by atoms with Gasteiger partial charge >= 0.3 is 5.97 Å². The summed E-state index contributed by atoms with van der Waals surface area (Å²) in [6, 6.07) is 1.24. The van der Waals surface area contributed by atoms with Gasteiger partial charge in [0.25, 0.3) is 10.0 Å². The fourth-order valence-corrected chi connectivity index (χ4v) is 4.00. The van der Waals surface area contributed by atoms with Crippen LogP contribution in [0.4, 0.5) is 0 Å². The van der Waals surface area contributed by atoms with Gasteiger partial charge < -0.3 is 10.8 Å². The quantitative estimate of drug-likeness (QED) is 0.721. The summed E-state index contributed by atoms with van der Waals surface area (Å²) in [5.41, 5.74) is 3.97. The summed E-state index contributed by atoms with van der Waals surface area (Å²) in [7, 11) is -3.99. The van der Waals surface area contributed by atoms with E-state index >= 15 is 0 Å². The van der Waals surface area contributed by atoms with Crippen molar-refractivity contribution in [3.63, 3.8) is 0 Å². The molecule has 1 heterocycles. The molecule has 0 fully saturated rings. The molecule has 0 radical (unpaired) electrons. The van der Waals surface area contributed by atoms with Crippen molar-refractivity contribution in [2.24, 2.45) is 5.73 Å². The van der Waals surface area contributed by atoms with Crippen molar-refractivity contribution >= 4 is 33.2 Å². The van der Waals surface area contributed by atoms with Crippen molar-refractivity contribution in [3.8, 4) is 0 Å². The number of carboxylic acids is 1. The average Bonchev–Trinajstić information content (AvgIpc) is 2.59. The van der Waals surface area contributed by atoms with Gasteiger partial charge in [-0.2, -0.15) is 4.72 Å². The first-order valence-corrected chi connectivity index (χ1v) is 7.45. The van der Waals surface area contributed by atoms with Crippen LogP contribution in [0.5, 0.6) is 0 Å². The zero-order valence-corrected chi connectivity index (χ0v) is 12.2. The number of carboxylic acid groups (broad SMARTS) is 1. The molecule has 0 unspecified atom stereocenters. The van der Waals surface area contributed by atoms with Gasteiger partial charge in [-0.05, 0) is 32.4 Å². The molecule has 0 atom stereocenters. The molecule has 1 aromatic heterocycles. The molecule has 0 aliphatic heterocycles. The van der Waals surface area contributed by atoms with Gasteiger partial charge in [-0.1, -0.05) is 0 Å². The maximum atomic E-state index is 12.0. The monoisotopic (exact) mass is 306 g/mol. The van der Waals surface area contributed by atoms with Gasteiger partial charge in [-0.3, -0.25) is 4.79 Å². The van der Waals surface area contributed by atoms with Gasteiger partial charge in [-0.25, -0.2) is 13.2 Å². The van der Waals surface area contributed by atoms with E-state index in [0.717, 1.165) is 0 Å². The summed E-state index contributed by atoms with van der Waals surface area (Å²) in [5, 5.41) is 8.89. The van der Waals surface area contributed by atoms with E-state index in [0.29, 0.717) is 16.9 Å². The maximum Gasteiger partial charge on any atom is 0.346 e. The van der Waals surface area contributed by atoms with E-state index in [1.54, 1.807) is 0 Å². The standard InChI is InChI=1S/C10H14N2O5S2/c1-5-4-6(18-7(5)8(13)14)19(16,17)12-10(2,3)9(11)15/h4,12H,1-3H3,(H2,11,15)(H,13,14). The van der Waals surface area contributed by atoms with Crippen LogP contribution in [0.1, 0.15) is 29.1 Å². The number of amides is 1. The molecule has 19 heavy (non-hydrogen) atoms. The number of nitrogens with one attached hydrogen (secondary N) is 1. The highest BCUT2D eigenvalue weighted by Crippen LogP contribution is 2.26. The Hall–Kier alpha value is -1.45. The largest absolute Gasteiger partial charge is 0.477 e. The average molecular weight is 306 g/mol. The number of carbonyl (C=O) groups excluding carboxylic acids is 1. The van der Waals surface area contributed by atoms with Crippen LogP contribution < -0.4 is 10.5 Å². The summed E-state index contributed by atoms with van der Waals surface area (Å²) in [5.74, 6) is -2.03. The maximum absolute atomic E-state index is 12.0. The number of hydrogen-bond donors (Lipinski definition) is 3. The van der Waals surface area contributed by atoms with Gasteiger partial charge in [0.2, 0.25) is 5.91 Å². The van der Waals surface area contributed by atoms with Crippen LogP contribution in [-0.4, -0.2) is 30.9 Å². The van der Waals surface area contributed by atoms with Crippen molar-refractivity contribution in [2.75, 3.05) is 0 Å². The number of primary amides is 1. The topological polar surface area (TPSA) is 127 Å². The molecule has 0 bridgehead atoms. The lowest BCUT2D eigenvalue weighted by Crippen LogP contribution is -2.52. The molecule has 9 heteroatoms. The highest BCUT2D eigenvalue weighted by Gasteiger charge is 2.32. The third kappa shape index (κ3) is 3.31. The van der Waals surface area contributed by atoms with Crippen LogP contribution in [0.25, 0.3) is 0 Å². The summed E-state index contributed by atoms with van der Waals surface area (Å²) < 4.78 is 26.1. The molecule has 0 aliphatic carbocycles. The minimum atomic E-state index is -3.99. The second-order valence-corrected chi connectivity index (χ2v) is 7.44. The van der Waals surface area contributed by atoms with Gasteiger partial charge in [0.1, 0.15) is 14.6 Å². The lowest BCUT2D eigenvalue weighted by atomic mass is 10.1. The van der Waals surface area contributed by atoms with Gasteiger partial charge in [0.15, 0.2) is 0 Å². The predicted octanol–water partition coefficient (Wildman–Crippen LogP) is 0.297. The third-order valence-electron chi connectivity index (χ3n) is 2.36. The molecule has 0 saturated carbocycles. The summed E-state index contributed by atoms with van der Waals surface area (Å²) in [6.45, 7) is 4.15. The lowest BCUT2D eigenvalue weighted by molar-refractivity contribution is -0.122. The molecule has 4 N–H and O–H groups in total. The molecule has 7 nitrogen and oxygen atoms in total. The third-order valence-corrected chi connectivity index (χ3v) is 5.71. The Morgan fingerprint density at radius 2 is 1.95 bits per heavy atom. The Labute approximate surface area is 114 Å². The van der Waals surface area contributed by atoms with E-state index in [9.17, 15) is 18.0 Å². The molecule has 0 saturated heterocycles. The number of hydrogen-bond acceptors (Lipinski definition) is 5. The van der Waals surface area contributed by atoms with Crippen molar-refractivity contribution < 1.29 is 23.1 Å². The zero-order valence-electron chi connectivity index (χ0n) is 10.6.